The van der Waals surface area contributed by atoms with E-state index in [0.29, 0.717) is 11.7 Å². The molecule has 96 valence electrons. The second kappa shape index (κ2) is 6.42. The smallest absolute Gasteiger partial charge is 0.134 e. The summed E-state index contributed by atoms with van der Waals surface area (Å²) in [6, 6.07) is 0. The van der Waals surface area contributed by atoms with Crippen LogP contribution >= 0.6 is 0 Å². The lowest BCUT2D eigenvalue weighted by Gasteiger charge is -2.14. The molecule has 1 atom stereocenters. The molecular weight excluding hydrogens is 212 g/mol. The Hall–Kier alpha value is -1.32. The van der Waals surface area contributed by atoms with Crippen LogP contribution in [0.1, 0.15) is 45.0 Å². The predicted molar refractivity (Wildman–Crippen MR) is 73.1 cm³/mol. The van der Waals surface area contributed by atoms with Gasteiger partial charge in [-0.15, -0.1) is 0 Å². The Labute approximate surface area is 104 Å². The van der Waals surface area contributed by atoms with Gasteiger partial charge in [0.05, 0.1) is 0 Å². The zero-order valence-electron chi connectivity index (χ0n) is 11.4. The number of nitrogen functional groups attached to an aromatic ring is 1. The quantitative estimate of drug-likeness (QED) is 0.797. The van der Waals surface area contributed by atoms with Gasteiger partial charge in [0.1, 0.15) is 17.5 Å². The first-order valence-electron chi connectivity index (χ1n) is 6.45. The van der Waals surface area contributed by atoms with Gasteiger partial charge < -0.3 is 11.1 Å². The molecule has 0 aliphatic carbocycles. The van der Waals surface area contributed by atoms with E-state index in [2.05, 4.69) is 36.1 Å². The molecule has 0 bridgehead atoms. The van der Waals surface area contributed by atoms with Crippen LogP contribution in [0.4, 0.5) is 11.6 Å². The molecule has 0 amide bonds. The van der Waals surface area contributed by atoms with Gasteiger partial charge in [-0.05, 0) is 19.3 Å². The Morgan fingerprint density at radius 2 is 2.00 bits per heavy atom. The number of aryl methyl sites for hydroxylation is 1. The van der Waals surface area contributed by atoms with Crippen molar-refractivity contribution in [2.45, 2.75) is 47.0 Å². The van der Waals surface area contributed by atoms with E-state index in [1.807, 2.05) is 6.92 Å². The lowest BCUT2D eigenvalue weighted by Crippen LogP contribution is -2.14. The molecule has 0 aliphatic rings. The lowest BCUT2D eigenvalue weighted by atomic mass is 10.1. The van der Waals surface area contributed by atoms with Gasteiger partial charge in [-0.25, -0.2) is 9.97 Å². The SMILES string of the molecule is CCCc1nc(N)c(C)c(NCC(C)CC)n1. The topological polar surface area (TPSA) is 63.8 Å². The van der Waals surface area contributed by atoms with Crippen LogP contribution < -0.4 is 11.1 Å². The van der Waals surface area contributed by atoms with Crippen LogP contribution in [-0.4, -0.2) is 16.5 Å². The summed E-state index contributed by atoms with van der Waals surface area (Å²) in [7, 11) is 0. The van der Waals surface area contributed by atoms with E-state index < -0.39 is 0 Å². The fourth-order valence-electron chi connectivity index (χ4n) is 1.50. The number of rotatable bonds is 6. The summed E-state index contributed by atoms with van der Waals surface area (Å²) >= 11 is 0. The van der Waals surface area contributed by atoms with Gasteiger partial charge in [-0.2, -0.15) is 0 Å². The van der Waals surface area contributed by atoms with Crippen LogP contribution in [-0.2, 0) is 6.42 Å². The second-order valence-corrected chi connectivity index (χ2v) is 4.64. The van der Waals surface area contributed by atoms with Gasteiger partial charge in [0, 0.05) is 18.5 Å². The Morgan fingerprint density at radius 1 is 1.29 bits per heavy atom. The minimum atomic E-state index is 0.593. The van der Waals surface area contributed by atoms with E-state index in [0.717, 1.165) is 43.0 Å². The van der Waals surface area contributed by atoms with Crippen LogP contribution in [0.3, 0.4) is 0 Å². The molecule has 0 fully saturated rings. The largest absolute Gasteiger partial charge is 0.383 e. The normalized spacial score (nSPS) is 12.5. The lowest BCUT2D eigenvalue weighted by molar-refractivity contribution is 0.592. The summed E-state index contributed by atoms with van der Waals surface area (Å²) < 4.78 is 0. The molecule has 17 heavy (non-hydrogen) atoms. The highest BCUT2D eigenvalue weighted by molar-refractivity contribution is 5.54. The fraction of sp³-hybridized carbons (Fsp3) is 0.692. The van der Waals surface area contributed by atoms with E-state index in [-0.39, 0.29) is 0 Å². The summed E-state index contributed by atoms with van der Waals surface area (Å²) in [6.07, 6.45) is 3.07. The minimum Gasteiger partial charge on any atom is -0.383 e. The molecule has 0 spiro atoms. The molecule has 1 aromatic heterocycles. The summed E-state index contributed by atoms with van der Waals surface area (Å²) in [5, 5.41) is 3.37. The number of hydrogen-bond acceptors (Lipinski definition) is 4. The number of anilines is 2. The Balaban J connectivity index is 2.82. The number of nitrogens with two attached hydrogens (primary N) is 1. The summed E-state index contributed by atoms with van der Waals surface area (Å²) in [4.78, 5) is 8.82. The maximum atomic E-state index is 5.90. The molecule has 4 heteroatoms. The van der Waals surface area contributed by atoms with Crippen molar-refractivity contribution in [2.24, 2.45) is 5.92 Å². The highest BCUT2D eigenvalue weighted by Crippen LogP contribution is 2.18. The zero-order chi connectivity index (χ0) is 12.8. The van der Waals surface area contributed by atoms with Gasteiger partial charge in [-0.3, -0.25) is 0 Å². The number of aromatic nitrogens is 2. The van der Waals surface area contributed by atoms with Gasteiger partial charge in [0.2, 0.25) is 0 Å². The Bertz CT molecular complexity index is 363. The average molecular weight is 236 g/mol. The van der Waals surface area contributed by atoms with Crippen molar-refractivity contribution in [1.82, 2.24) is 9.97 Å². The molecule has 1 heterocycles. The number of hydrogen-bond donors (Lipinski definition) is 2. The molecule has 1 rings (SSSR count). The third-order valence-electron chi connectivity index (χ3n) is 3.02. The van der Waals surface area contributed by atoms with Gasteiger partial charge >= 0.3 is 0 Å². The maximum Gasteiger partial charge on any atom is 0.134 e. The van der Waals surface area contributed by atoms with Gasteiger partial charge in [0.25, 0.3) is 0 Å². The molecular formula is C13H24N4. The number of nitrogens with one attached hydrogen (secondary N) is 1. The minimum absolute atomic E-state index is 0.593. The van der Waals surface area contributed by atoms with Gasteiger partial charge in [-0.1, -0.05) is 27.2 Å². The van der Waals surface area contributed by atoms with Crippen molar-refractivity contribution < 1.29 is 0 Å². The van der Waals surface area contributed by atoms with Crippen molar-refractivity contribution in [3.05, 3.63) is 11.4 Å². The van der Waals surface area contributed by atoms with Crippen molar-refractivity contribution >= 4 is 11.6 Å². The molecule has 0 saturated carbocycles. The molecule has 0 aromatic carbocycles. The van der Waals surface area contributed by atoms with Crippen LogP contribution in [0.15, 0.2) is 0 Å². The first-order chi connectivity index (χ1) is 8.08. The van der Waals surface area contributed by atoms with Crippen molar-refractivity contribution in [3.8, 4) is 0 Å². The molecule has 1 aromatic rings. The van der Waals surface area contributed by atoms with Crippen LogP contribution in [0, 0.1) is 12.8 Å². The molecule has 3 N–H and O–H groups in total. The van der Waals surface area contributed by atoms with E-state index in [4.69, 9.17) is 5.73 Å². The molecule has 0 saturated heterocycles. The van der Waals surface area contributed by atoms with Gasteiger partial charge in [0.15, 0.2) is 0 Å². The van der Waals surface area contributed by atoms with Crippen molar-refractivity contribution in [3.63, 3.8) is 0 Å². The maximum absolute atomic E-state index is 5.90. The molecule has 4 nitrogen and oxygen atoms in total. The standard InChI is InChI=1S/C13H24N4/c1-5-7-11-16-12(14)10(4)13(17-11)15-8-9(3)6-2/h9H,5-8H2,1-4H3,(H3,14,15,16,17). The van der Waals surface area contributed by atoms with Crippen molar-refractivity contribution in [2.75, 3.05) is 17.6 Å². The van der Waals surface area contributed by atoms with E-state index in [1.54, 1.807) is 0 Å². The van der Waals surface area contributed by atoms with Crippen LogP contribution in [0.5, 0.6) is 0 Å². The summed E-state index contributed by atoms with van der Waals surface area (Å²) in [5.41, 5.74) is 6.85. The van der Waals surface area contributed by atoms with E-state index >= 15 is 0 Å². The van der Waals surface area contributed by atoms with E-state index in [9.17, 15) is 0 Å². The van der Waals surface area contributed by atoms with Crippen LogP contribution in [0.2, 0.25) is 0 Å². The highest BCUT2D eigenvalue weighted by atomic mass is 15.1. The van der Waals surface area contributed by atoms with Crippen LogP contribution in [0.25, 0.3) is 0 Å². The average Bonchev–Trinajstić information content (AvgIpc) is 2.31. The third kappa shape index (κ3) is 3.88. The second-order valence-electron chi connectivity index (χ2n) is 4.64. The number of nitrogens with zero attached hydrogens (tertiary/aromatic N) is 2. The van der Waals surface area contributed by atoms with E-state index in [1.165, 1.54) is 0 Å². The summed E-state index contributed by atoms with van der Waals surface area (Å²) in [5.74, 6) is 2.96. The first kappa shape index (κ1) is 13.7. The van der Waals surface area contributed by atoms with Crippen molar-refractivity contribution in [1.29, 1.82) is 0 Å². The first-order valence-corrected chi connectivity index (χ1v) is 6.45. The Kier molecular flexibility index (Phi) is 5.19. The monoisotopic (exact) mass is 236 g/mol. The zero-order valence-corrected chi connectivity index (χ0v) is 11.4. The predicted octanol–water partition coefficient (Wildman–Crippen LogP) is 2.78. The summed E-state index contributed by atoms with van der Waals surface area (Å²) in [6.45, 7) is 9.42. The fourth-order valence-corrected chi connectivity index (χ4v) is 1.50. The molecule has 0 aliphatic heterocycles. The third-order valence-corrected chi connectivity index (χ3v) is 3.02. The molecule has 1 unspecified atom stereocenters. The molecule has 0 radical (unpaired) electrons. The highest BCUT2D eigenvalue weighted by Gasteiger charge is 2.08. The Morgan fingerprint density at radius 3 is 2.59 bits per heavy atom.